The molecule has 0 aliphatic carbocycles. The van der Waals surface area contributed by atoms with E-state index in [9.17, 15) is 4.79 Å². The van der Waals surface area contributed by atoms with Crippen molar-refractivity contribution >= 4 is 11.8 Å². The van der Waals surface area contributed by atoms with Gasteiger partial charge in [0, 0.05) is 18.8 Å². The number of anilines is 1. The third-order valence-corrected chi connectivity index (χ3v) is 3.67. The highest BCUT2D eigenvalue weighted by atomic mass is 16.5. The molecule has 2 rings (SSSR count). The molecule has 6 heteroatoms. The lowest BCUT2D eigenvalue weighted by atomic mass is 9.88. The van der Waals surface area contributed by atoms with Crippen molar-refractivity contribution in [1.29, 1.82) is 0 Å². The molecule has 0 atom stereocenters. The summed E-state index contributed by atoms with van der Waals surface area (Å²) in [7, 11) is 1.37. The molecule has 0 bridgehead atoms. The van der Waals surface area contributed by atoms with Crippen molar-refractivity contribution in [3.63, 3.8) is 0 Å². The molecule has 1 aliphatic rings. The highest BCUT2D eigenvalue weighted by Crippen LogP contribution is 2.31. The molecule has 2 N–H and O–H groups in total. The molecule has 1 fully saturated rings. The van der Waals surface area contributed by atoms with Crippen molar-refractivity contribution in [1.82, 2.24) is 9.78 Å². The molecule has 1 aliphatic heterocycles. The number of hydrogen-bond donors (Lipinski definition) is 1. The van der Waals surface area contributed by atoms with Crippen LogP contribution in [0.3, 0.4) is 0 Å². The molecular formula is C15H25N3O3. The van der Waals surface area contributed by atoms with Gasteiger partial charge in [0.1, 0.15) is 5.82 Å². The third-order valence-electron chi connectivity index (χ3n) is 3.67. The third kappa shape index (κ3) is 3.56. The summed E-state index contributed by atoms with van der Waals surface area (Å²) in [5.74, 6) is 0.156. The molecule has 6 nitrogen and oxygen atoms in total. The van der Waals surface area contributed by atoms with E-state index in [0.29, 0.717) is 31.1 Å². The summed E-state index contributed by atoms with van der Waals surface area (Å²) in [6.07, 6.45) is 2.41. The maximum atomic E-state index is 12.0. The number of rotatable bonds is 3. The molecule has 2 heterocycles. The molecule has 0 spiro atoms. The standard InChI is InChI=1S/C15H25N3O3/c1-15(2,3)9-11-12(14(19)20-4)17-18(13(11)16)10-5-7-21-8-6-10/h10H,5-9,16H2,1-4H3. The van der Waals surface area contributed by atoms with Crippen LogP contribution in [0.25, 0.3) is 0 Å². The summed E-state index contributed by atoms with van der Waals surface area (Å²) in [6.45, 7) is 7.73. The average molecular weight is 295 g/mol. The highest BCUT2D eigenvalue weighted by Gasteiger charge is 2.29. The van der Waals surface area contributed by atoms with Gasteiger partial charge in [-0.05, 0) is 24.7 Å². The Morgan fingerprint density at radius 2 is 2.05 bits per heavy atom. The Balaban J connectivity index is 2.40. The first kappa shape index (κ1) is 15.8. The van der Waals surface area contributed by atoms with Gasteiger partial charge in [0.15, 0.2) is 5.69 Å². The van der Waals surface area contributed by atoms with Gasteiger partial charge in [0.2, 0.25) is 0 Å². The monoisotopic (exact) mass is 295 g/mol. The van der Waals surface area contributed by atoms with Crippen molar-refractivity contribution in [3.05, 3.63) is 11.3 Å². The predicted molar refractivity (Wildman–Crippen MR) is 80.2 cm³/mol. The lowest BCUT2D eigenvalue weighted by Crippen LogP contribution is -2.22. The summed E-state index contributed by atoms with van der Waals surface area (Å²) in [4.78, 5) is 12.0. The van der Waals surface area contributed by atoms with Crippen LogP contribution in [0.5, 0.6) is 0 Å². The minimum absolute atomic E-state index is 0.0143. The van der Waals surface area contributed by atoms with E-state index >= 15 is 0 Å². The van der Waals surface area contributed by atoms with Crippen LogP contribution in [-0.4, -0.2) is 36.1 Å². The molecule has 0 aromatic carbocycles. The normalized spacial score (nSPS) is 17.0. The second-order valence-electron chi connectivity index (χ2n) is 6.73. The molecule has 118 valence electrons. The van der Waals surface area contributed by atoms with Crippen LogP contribution in [0, 0.1) is 5.41 Å². The minimum atomic E-state index is -0.424. The predicted octanol–water partition coefficient (Wildman–Crippen LogP) is 2.19. The first-order valence-electron chi connectivity index (χ1n) is 7.36. The van der Waals surface area contributed by atoms with Crippen LogP contribution in [0.1, 0.15) is 55.7 Å². The van der Waals surface area contributed by atoms with Crippen LogP contribution in [0.4, 0.5) is 5.82 Å². The Kier molecular flexibility index (Phi) is 4.56. The molecule has 1 aromatic heterocycles. The number of nitrogens with zero attached hydrogens (tertiary/aromatic N) is 2. The van der Waals surface area contributed by atoms with E-state index in [1.54, 1.807) is 4.68 Å². The molecule has 0 amide bonds. The Bertz CT molecular complexity index is 511. The number of hydrogen-bond acceptors (Lipinski definition) is 5. The Labute approximate surface area is 125 Å². The van der Waals surface area contributed by atoms with E-state index in [1.807, 2.05) is 0 Å². The zero-order valence-corrected chi connectivity index (χ0v) is 13.3. The SMILES string of the molecule is COC(=O)c1nn(C2CCOCC2)c(N)c1CC(C)(C)C. The van der Waals surface area contributed by atoms with Crippen LogP contribution < -0.4 is 5.73 Å². The zero-order valence-electron chi connectivity index (χ0n) is 13.3. The smallest absolute Gasteiger partial charge is 0.358 e. The molecule has 0 radical (unpaired) electrons. The van der Waals surface area contributed by atoms with Crippen LogP contribution in [0.15, 0.2) is 0 Å². The topological polar surface area (TPSA) is 79.4 Å². The Hall–Kier alpha value is -1.56. The Morgan fingerprint density at radius 1 is 1.43 bits per heavy atom. The van der Waals surface area contributed by atoms with Crippen molar-refractivity contribution < 1.29 is 14.3 Å². The van der Waals surface area contributed by atoms with E-state index in [0.717, 1.165) is 18.4 Å². The number of nitrogen functional groups attached to an aromatic ring is 1. The number of aromatic nitrogens is 2. The van der Waals surface area contributed by atoms with E-state index in [2.05, 4.69) is 25.9 Å². The largest absolute Gasteiger partial charge is 0.464 e. The van der Waals surface area contributed by atoms with Gasteiger partial charge in [-0.3, -0.25) is 0 Å². The van der Waals surface area contributed by atoms with E-state index in [-0.39, 0.29) is 11.5 Å². The first-order chi connectivity index (χ1) is 9.83. The number of carbonyl (C=O) groups is 1. The maximum absolute atomic E-state index is 12.0. The van der Waals surface area contributed by atoms with Gasteiger partial charge in [0.05, 0.1) is 13.2 Å². The molecule has 1 saturated heterocycles. The average Bonchev–Trinajstić information content (AvgIpc) is 2.75. The molecule has 0 unspecified atom stereocenters. The number of esters is 1. The van der Waals surface area contributed by atoms with Crippen molar-refractivity contribution in [2.45, 2.75) is 46.1 Å². The fourth-order valence-corrected chi connectivity index (χ4v) is 2.65. The fraction of sp³-hybridized carbons (Fsp3) is 0.733. The van der Waals surface area contributed by atoms with Gasteiger partial charge in [-0.1, -0.05) is 20.8 Å². The number of carbonyl (C=O) groups excluding carboxylic acids is 1. The van der Waals surface area contributed by atoms with E-state index < -0.39 is 5.97 Å². The van der Waals surface area contributed by atoms with Gasteiger partial charge in [0.25, 0.3) is 0 Å². The van der Waals surface area contributed by atoms with Gasteiger partial charge in [-0.25, -0.2) is 9.48 Å². The van der Waals surface area contributed by atoms with Crippen LogP contribution >= 0.6 is 0 Å². The van der Waals surface area contributed by atoms with Gasteiger partial charge >= 0.3 is 5.97 Å². The van der Waals surface area contributed by atoms with Crippen LogP contribution in [-0.2, 0) is 15.9 Å². The summed E-state index contributed by atoms with van der Waals surface area (Å²) in [6, 6.07) is 0.191. The fourth-order valence-electron chi connectivity index (χ4n) is 2.65. The Morgan fingerprint density at radius 3 is 2.57 bits per heavy atom. The number of ether oxygens (including phenoxy) is 2. The quantitative estimate of drug-likeness (QED) is 0.865. The van der Waals surface area contributed by atoms with E-state index in [4.69, 9.17) is 15.2 Å². The van der Waals surface area contributed by atoms with E-state index in [1.165, 1.54) is 7.11 Å². The molecule has 0 saturated carbocycles. The summed E-state index contributed by atoms with van der Waals surface area (Å²) >= 11 is 0. The maximum Gasteiger partial charge on any atom is 0.358 e. The summed E-state index contributed by atoms with van der Waals surface area (Å²) in [5, 5.41) is 4.45. The summed E-state index contributed by atoms with van der Waals surface area (Å²) < 4.78 is 12.0. The lowest BCUT2D eigenvalue weighted by molar-refractivity contribution is 0.0582. The lowest BCUT2D eigenvalue weighted by Gasteiger charge is -2.23. The van der Waals surface area contributed by atoms with Crippen molar-refractivity contribution in [2.75, 3.05) is 26.1 Å². The van der Waals surface area contributed by atoms with Gasteiger partial charge in [-0.2, -0.15) is 5.10 Å². The zero-order chi connectivity index (χ0) is 15.6. The van der Waals surface area contributed by atoms with Crippen LogP contribution in [0.2, 0.25) is 0 Å². The van der Waals surface area contributed by atoms with Crippen molar-refractivity contribution in [2.24, 2.45) is 5.41 Å². The second kappa shape index (κ2) is 6.05. The highest BCUT2D eigenvalue weighted by molar-refractivity contribution is 5.90. The second-order valence-corrected chi connectivity index (χ2v) is 6.73. The number of methoxy groups -OCH3 is 1. The van der Waals surface area contributed by atoms with Gasteiger partial charge < -0.3 is 15.2 Å². The summed E-state index contributed by atoms with van der Waals surface area (Å²) in [5.41, 5.74) is 7.44. The molecule has 1 aromatic rings. The molecular weight excluding hydrogens is 270 g/mol. The number of nitrogens with two attached hydrogens (primary N) is 1. The van der Waals surface area contributed by atoms with Crippen molar-refractivity contribution in [3.8, 4) is 0 Å². The van der Waals surface area contributed by atoms with Gasteiger partial charge in [-0.15, -0.1) is 0 Å². The first-order valence-corrected chi connectivity index (χ1v) is 7.36. The molecule has 21 heavy (non-hydrogen) atoms. The minimum Gasteiger partial charge on any atom is -0.464 e.